The van der Waals surface area contributed by atoms with Gasteiger partial charge in [-0.05, 0) is 30.3 Å². The van der Waals surface area contributed by atoms with Crippen molar-refractivity contribution in [2.45, 2.75) is 0 Å². The molecule has 1 N–H and O–H groups in total. The van der Waals surface area contributed by atoms with Crippen LogP contribution in [0.1, 0.15) is 0 Å². The third-order valence-electron chi connectivity index (χ3n) is 5.40. The first-order valence-corrected chi connectivity index (χ1v) is 9.78. The highest BCUT2D eigenvalue weighted by molar-refractivity contribution is 6.12. The molecular formula is C23H21N5O. The van der Waals surface area contributed by atoms with Gasteiger partial charge in [-0.25, -0.2) is 4.79 Å². The molecule has 0 bridgehead atoms. The van der Waals surface area contributed by atoms with Crippen molar-refractivity contribution in [2.75, 3.05) is 36.4 Å². The number of rotatable bonds is 2. The third kappa shape index (κ3) is 3.33. The van der Waals surface area contributed by atoms with Crippen molar-refractivity contribution in [3.05, 3.63) is 73.1 Å². The summed E-state index contributed by atoms with van der Waals surface area (Å²) in [6.07, 6.45) is 3.51. The van der Waals surface area contributed by atoms with Crippen LogP contribution in [0.5, 0.6) is 0 Å². The number of para-hydroxylation sites is 1. The Morgan fingerprint density at radius 3 is 2.34 bits per heavy atom. The van der Waals surface area contributed by atoms with Crippen LogP contribution in [0.4, 0.5) is 16.2 Å². The fourth-order valence-corrected chi connectivity index (χ4v) is 3.90. The Labute approximate surface area is 168 Å². The largest absolute Gasteiger partial charge is 0.368 e. The molecule has 0 saturated carbocycles. The lowest BCUT2D eigenvalue weighted by molar-refractivity contribution is 0.208. The van der Waals surface area contributed by atoms with Crippen molar-refractivity contribution >= 4 is 39.2 Å². The molecule has 0 radical (unpaired) electrons. The fourth-order valence-electron chi connectivity index (χ4n) is 3.90. The maximum absolute atomic E-state index is 12.9. The molecule has 0 unspecified atom stereocenters. The van der Waals surface area contributed by atoms with E-state index in [2.05, 4.69) is 32.3 Å². The number of piperazine rings is 1. The van der Waals surface area contributed by atoms with Crippen molar-refractivity contribution in [2.24, 2.45) is 0 Å². The maximum atomic E-state index is 12.9. The Bertz CT molecular complexity index is 1170. The van der Waals surface area contributed by atoms with Gasteiger partial charge in [0.15, 0.2) is 0 Å². The normalized spacial score (nSPS) is 14.3. The molecule has 1 fully saturated rings. The molecular weight excluding hydrogens is 362 g/mol. The number of fused-ring (bicyclic) bond motifs is 3. The SMILES string of the molecule is O=C(Nc1cc2ncccc2c2cccnc12)N1CCN(c2ccccc2)CC1. The van der Waals surface area contributed by atoms with Gasteiger partial charge in [0.2, 0.25) is 0 Å². The van der Waals surface area contributed by atoms with Crippen LogP contribution >= 0.6 is 0 Å². The standard InChI is InChI=1S/C23H21N5O/c29-23(28-14-12-27(13-15-28)17-6-2-1-3-7-17)26-21-16-20-18(8-4-10-24-20)19-9-5-11-25-22(19)21/h1-11,16H,12-15H2,(H,26,29). The van der Waals surface area contributed by atoms with Gasteiger partial charge in [0, 0.05) is 55.0 Å². The van der Waals surface area contributed by atoms with E-state index in [4.69, 9.17) is 0 Å². The number of benzene rings is 2. The van der Waals surface area contributed by atoms with E-state index >= 15 is 0 Å². The average molecular weight is 383 g/mol. The molecule has 2 aromatic carbocycles. The van der Waals surface area contributed by atoms with Gasteiger partial charge in [-0.15, -0.1) is 0 Å². The lowest BCUT2D eigenvalue weighted by Crippen LogP contribution is -2.50. The van der Waals surface area contributed by atoms with Crippen molar-refractivity contribution < 1.29 is 4.79 Å². The van der Waals surface area contributed by atoms with Crippen LogP contribution in [0, 0.1) is 0 Å². The van der Waals surface area contributed by atoms with Crippen molar-refractivity contribution in [1.82, 2.24) is 14.9 Å². The van der Waals surface area contributed by atoms with Gasteiger partial charge in [0.1, 0.15) is 0 Å². The zero-order valence-electron chi connectivity index (χ0n) is 16.0. The second-order valence-electron chi connectivity index (χ2n) is 7.13. The number of nitrogens with one attached hydrogen (secondary N) is 1. The molecule has 4 aromatic rings. The molecule has 29 heavy (non-hydrogen) atoms. The Balaban J connectivity index is 1.36. The number of carbonyl (C=O) groups excluding carboxylic acids is 1. The van der Waals surface area contributed by atoms with Gasteiger partial charge in [0.25, 0.3) is 0 Å². The monoisotopic (exact) mass is 383 g/mol. The average Bonchev–Trinajstić information content (AvgIpc) is 2.80. The number of urea groups is 1. The molecule has 6 nitrogen and oxygen atoms in total. The summed E-state index contributed by atoms with van der Waals surface area (Å²) in [6, 6.07) is 20.0. The van der Waals surface area contributed by atoms with Crippen LogP contribution in [0.2, 0.25) is 0 Å². The molecule has 1 saturated heterocycles. The number of anilines is 2. The Hall–Kier alpha value is -3.67. The Morgan fingerprint density at radius 2 is 1.55 bits per heavy atom. The van der Waals surface area contributed by atoms with Crippen LogP contribution < -0.4 is 10.2 Å². The Morgan fingerprint density at radius 1 is 0.828 bits per heavy atom. The summed E-state index contributed by atoms with van der Waals surface area (Å²) in [5, 5.41) is 5.09. The number of carbonyl (C=O) groups is 1. The van der Waals surface area contributed by atoms with Crippen molar-refractivity contribution in [1.29, 1.82) is 0 Å². The summed E-state index contributed by atoms with van der Waals surface area (Å²) in [4.78, 5) is 26.1. The second kappa shape index (κ2) is 7.39. The molecule has 0 spiro atoms. The zero-order chi connectivity index (χ0) is 19.6. The summed E-state index contributed by atoms with van der Waals surface area (Å²) in [6.45, 7) is 2.99. The lowest BCUT2D eigenvalue weighted by Gasteiger charge is -2.36. The Kier molecular flexibility index (Phi) is 4.44. The first kappa shape index (κ1) is 17.4. The number of hydrogen-bond donors (Lipinski definition) is 1. The van der Waals surface area contributed by atoms with Crippen LogP contribution in [-0.4, -0.2) is 47.1 Å². The van der Waals surface area contributed by atoms with E-state index in [1.54, 1.807) is 12.4 Å². The van der Waals surface area contributed by atoms with Crippen LogP contribution in [0.15, 0.2) is 73.1 Å². The highest BCUT2D eigenvalue weighted by atomic mass is 16.2. The predicted octanol–water partition coefficient (Wildman–Crippen LogP) is 4.14. The van der Waals surface area contributed by atoms with Gasteiger partial charge < -0.3 is 15.1 Å². The summed E-state index contributed by atoms with van der Waals surface area (Å²) in [7, 11) is 0. The van der Waals surface area contributed by atoms with Crippen molar-refractivity contribution in [3.8, 4) is 0 Å². The minimum absolute atomic E-state index is 0.0973. The van der Waals surface area contributed by atoms with E-state index in [0.717, 1.165) is 34.9 Å². The minimum atomic E-state index is -0.0973. The van der Waals surface area contributed by atoms with E-state index in [9.17, 15) is 4.79 Å². The summed E-state index contributed by atoms with van der Waals surface area (Å²) < 4.78 is 0. The van der Waals surface area contributed by atoms with Gasteiger partial charge in [-0.3, -0.25) is 9.97 Å². The maximum Gasteiger partial charge on any atom is 0.322 e. The summed E-state index contributed by atoms with van der Waals surface area (Å²) in [5.74, 6) is 0. The van der Waals surface area contributed by atoms with E-state index in [1.807, 2.05) is 53.4 Å². The van der Waals surface area contributed by atoms with Crippen LogP contribution in [0.3, 0.4) is 0 Å². The van der Waals surface area contributed by atoms with Crippen molar-refractivity contribution in [3.63, 3.8) is 0 Å². The fraction of sp³-hybridized carbons (Fsp3) is 0.174. The molecule has 1 aliphatic heterocycles. The first-order chi connectivity index (χ1) is 14.3. The minimum Gasteiger partial charge on any atom is -0.368 e. The second-order valence-corrected chi connectivity index (χ2v) is 7.13. The van der Waals surface area contributed by atoms with E-state index < -0.39 is 0 Å². The molecule has 2 aromatic heterocycles. The number of pyridine rings is 2. The molecule has 2 amide bonds. The van der Waals surface area contributed by atoms with E-state index in [1.165, 1.54) is 5.69 Å². The summed E-state index contributed by atoms with van der Waals surface area (Å²) >= 11 is 0. The van der Waals surface area contributed by atoms with Gasteiger partial charge in [0.05, 0.1) is 16.7 Å². The number of aromatic nitrogens is 2. The lowest BCUT2D eigenvalue weighted by atomic mass is 10.1. The molecule has 144 valence electrons. The van der Waals surface area contributed by atoms with E-state index in [-0.39, 0.29) is 6.03 Å². The quantitative estimate of drug-likeness (QED) is 0.529. The molecule has 3 heterocycles. The number of nitrogens with zero attached hydrogens (tertiary/aromatic N) is 4. The predicted molar refractivity (Wildman–Crippen MR) is 116 cm³/mol. The summed E-state index contributed by atoms with van der Waals surface area (Å²) in [5.41, 5.74) is 3.52. The van der Waals surface area contributed by atoms with Gasteiger partial charge in [-0.1, -0.05) is 30.3 Å². The highest BCUT2D eigenvalue weighted by Gasteiger charge is 2.22. The molecule has 0 atom stereocenters. The highest BCUT2D eigenvalue weighted by Crippen LogP contribution is 2.29. The third-order valence-corrected chi connectivity index (χ3v) is 5.40. The first-order valence-electron chi connectivity index (χ1n) is 9.78. The molecule has 6 heteroatoms. The number of hydrogen-bond acceptors (Lipinski definition) is 4. The topological polar surface area (TPSA) is 61.4 Å². The van der Waals surface area contributed by atoms with Gasteiger partial charge >= 0.3 is 6.03 Å². The zero-order valence-corrected chi connectivity index (χ0v) is 16.0. The molecule has 0 aliphatic carbocycles. The van der Waals surface area contributed by atoms with Gasteiger partial charge in [-0.2, -0.15) is 0 Å². The molecule has 1 aliphatic rings. The van der Waals surface area contributed by atoms with Crippen LogP contribution in [0.25, 0.3) is 21.8 Å². The van der Waals surface area contributed by atoms with E-state index in [0.29, 0.717) is 18.8 Å². The number of amides is 2. The van der Waals surface area contributed by atoms with Crippen LogP contribution in [-0.2, 0) is 0 Å². The smallest absolute Gasteiger partial charge is 0.322 e. The molecule has 5 rings (SSSR count).